The molecule has 114 valence electrons. The van der Waals surface area contributed by atoms with Gasteiger partial charge in [-0.1, -0.05) is 6.07 Å². The molecule has 0 amide bonds. The zero-order valence-electron chi connectivity index (χ0n) is 12.8. The van der Waals surface area contributed by atoms with Crippen LogP contribution in [-0.2, 0) is 6.54 Å². The van der Waals surface area contributed by atoms with Gasteiger partial charge in [0.05, 0.1) is 14.2 Å². The third kappa shape index (κ3) is 3.93. The normalized spacial score (nSPS) is 12.2. The van der Waals surface area contributed by atoms with Crippen LogP contribution in [0, 0.1) is 0 Å². The van der Waals surface area contributed by atoms with E-state index in [1.807, 2.05) is 6.07 Å². The zero-order valence-corrected chi connectivity index (χ0v) is 14.4. The molecular weight excluding hydrogens is 302 g/mol. The fourth-order valence-electron chi connectivity index (χ4n) is 2.13. The summed E-state index contributed by atoms with van der Waals surface area (Å²) in [6.45, 7) is 2.99. The molecule has 1 aromatic heterocycles. The number of thioether (sulfide) groups is 1. The van der Waals surface area contributed by atoms with E-state index >= 15 is 0 Å². The van der Waals surface area contributed by atoms with Crippen molar-refractivity contribution in [2.24, 2.45) is 0 Å². The summed E-state index contributed by atoms with van der Waals surface area (Å²) in [5.41, 5.74) is 1.23. The molecule has 0 spiro atoms. The Morgan fingerprint density at radius 3 is 2.52 bits per heavy atom. The molecule has 2 rings (SSSR count). The molecule has 21 heavy (non-hydrogen) atoms. The van der Waals surface area contributed by atoms with Crippen molar-refractivity contribution in [3.8, 4) is 11.5 Å². The lowest BCUT2D eigenvalue weighted by Crippen LogP contribution is -2.17. The van der Waals surface area contributed by atoms with Crippen molar-refractivity contribution in [3.05, 3.63) is 40.1 Å². The Hall–Kier alpha value is -1.17. The smallest absolute Gasteiger partial charge is 0.161 e. The van der Waals surface area contributed by atoms with Gasteiger partial charge in [-0.05, 0) is 42.3 Å². The van der Waals surface area contributed by atoms with Crippen molar-refractivity contribution in [2.75, 3.05) is 20.5 Å². The standard InChI is InChI=1S/C16H21NO2S2/c1-11(15-6-5-7-21-15)17-10-12-8-13(18-2)14(19-3)9-16(12)20-4/h5-9,11,17H,10H2,1-4H3/t11-/m0/s1. The molecule has 3 nitrogen and oxygen atoms in total. The predicted molar refractivity (Wildman–Crippen MR) is 90.9 cm³/mol. The summed E-state index contributed by atoms with van der Waals surface area (Å²) in [6.07, 6.45) is 2.08. The number of thiophene rings is 1. The second-order valence-electron chi connectivity index (χ2n) is 4.64. The van der Waals surface area contributed by atoms with Crippen LogP contribution >= 0.6 is 23.1 Å². The number of methoxy groups -OCH3 is 2. The highest BCUT2D eigenvalue weighted by molar-refractivity contribution is 7.98. The maximum absolute atomic E-state index is 5.40. The van der Waals surface area contributed by atoms with E-state index in [0.717, 1.165) is 18.0 Å². The van der Waals surface area contributed by atoms with E-state index in [9.17, 15) is 0 Å². The van der Waals surface area contributed by atoms with Crippen molar-refractivity contribution >= 4 is 23.1 Å². The first kappa shape index (κ1) is 16.2. The Morgan fingerprint density at radius 2 is 1.95 bits per heavy atom. The van der Waals surface area contributed by atoms with Gasteiger partial charge in [0.25, 0.3) is 0 Å². The third-order valence-corrected chi connectivity index (χ3v) is 5.23. The molecule has 0 saturated heterocycles. The van der Waals surface area contributed by atoms with Gasteiger partial charge >= 0.3 is 0 Å². The van der Waals surface area contributed by atoms with Crippen molar-refractivity contribution in [1.82, 2.24) is 5.32 Å². The molecule has 2 aromatic rings. The van der Waals surface area contributed by atoms with Crippen molar-refractivity contribution in [3.63, 3.8) is 0 Å². The summed E-state index contributed by atoms with van der Waals surface area (Å²) >= 11 is 3.50. The molecular formula is C16H21NO2S2. The first-order valence-electron chi connectivity index (χ1n) is 6.75. The summed E-state index contributed by atoms with van der Waals surface area (Å²) in [5.74, 6) is 1.55. The van der Waals surface area contributed by atoms with Gasteiger partial charge < -0.3 is 14.8 Å². The highest BCUT2D eigenvalue weighted by atomic mass is 32.2. The summed E-state index contributed by atoms with van der Waals surface area (Å²) in [5, 5.41) is 5.67. The Kier molecular flexibility index (Phi) is 5.96. The molecule has 0 bridgehead atoms. The van der Waals surface area contributed by atoms with Gasteiger partial charge in [-0.3, -0.25) is 0 Å². The molecule has 0 saturated carbocycles. The minimum Gasteiger partial charge on any atom is -0.493 e. The minimum atomic E-state index is 0.341. The molecule has 0 aliphatic carbocycles. The Bertz CT molecular complexity index is 570. The van der Waals surface area contributed by atoms with Gasteiger partial charge in [-0.25, -0.2) is 0 Å². The van der Waals surface area contributed by atoms with Crippen LogP contribution in [0.4, 0.5) is 0 Å². The topological polar surface area (TPSA) is 30.5 Å². The molecule has 0 fully saturated rings. The van der Waals surface area contributed by atoms with E-state index in [4.69, 9.17) is 9.47 Å². The maximum atomic E-state index is 5.40. The van der Waals surface area contributed by atoms with E-state index in [-0.39, 0.29) is 0 Å². The first-order valence-corrected chi connectivity index (χ1v) is 8.85. The number of nitrogens with one attached hydrogen (secondary N) is 1. The fourth-order valence-corrected chi connectivity index (χ4v) is 3.51. The Labute approximate surface area is 134 Å². The minimum absolute atomic E-state index is 0.341. The summed E-state index contributed by atoms with van der Waals surface area (Å²) in [6, 6.07) is 8.68. The van der Waals surface area contributed by atoms with Crippen LogP contribution in [0.2, 0.25) is 0 Å². The highest BCUT2D eigenvalue weighted by Gasteiger charge is 2.12. The Balaban J connectivity index is 2.15. The second-order valence-corrected chi connectivity index (χ2v) is 6.46. The number of ether oxygens (including phenoxy) is 2. The van der Waals surface area contributed by atoms with Gasteiger partial charge in [0.15, 0.2) is 11.5 Å². The number of benzene rings is 1. The molecule has 0 aliphatic heterocycles. The molecule has 0 radical (unpaired) electrons. The molecule has 5 heteroatoms. The average Bonchev–Trinajstić information content (AvgIpc) is 3.06. The lowest BCUT2D eigenvalue weighted by Gasteiger charge is -2.16. The Morgan fingerprint density at radius 1 is 1.24 bits per heavy atom. The third-order valence-electron chi connectivity index (χ3n) is 3.36. The first-order chi connectivity index (χ1) is 10.2. The van der Waals surface area contributed by atoms with Crippen LogP contribution in [0.5, 0.6) is 11.5 Å². The van der Waals surface area contributed by atoms with Crippen LogP contribution < -0.4 is 14.8 Å². The average molecular weight is 323 g/mol. The molecule has 1 aromatic carbocycles. The molecule has 1 N–H and O–H groups in total. The van der Waals surface area contributed by atoms with Crippen molar-refractivity contribution < 1.29 is 9.47 Å². The van der Waals surface area contributed by atoms with E-state index < -0.39 is 0 Å². The quantitative estimate of drug-likeness (QED) is 0.768. The van der Waals surface area contributed by atoms with Gasteiger partial charge in [0.2, 0.25) is 0 Å². The number of hydrogen-bond acceptors (Lipinski definition) is 5. The van der Waals surface area contributed by atoms with Gasteiger partial charge in [-0.2, -0.15) is 0 Å². The monoisotopic (exact) mass is 323 g/mol. The van der Waals surface area contributed by atoms with Crippen LogP contribution in [0.15, 0.2) is 34.5 Å². The second kappa shape index (κ2) is 7.73. The molecule has 0 aliphatic rings. The van der Waals surface area contributed by atoms with Gasteiger partial charge in [-0.15, -0.1) is 23.1 Å². The molecule has 1 atom stereocenters. The summed E-state index contributed by atoms with van der Waals surface area (Å²) < 4.78 is 10.8. The van der Waals surface area contributed by atoms with Crippen molar-refractivity contribution in [2.45, 2.75) is 24.4 Å². The molecule has 0 unspecified atom stereocenters. The van der Waals surface area contributed by atoms with E-state index in [2.05, 4.69) is 42.1 Å². The zero-order chi connectivity index (χ0) is 15.2. The van der Waals surface area contributed by atoms with Crippen LogP contribution in [-0.4, -0.2) is 20.5 Å². The van der Waals surface area contributed by atoms with Crippen LogP contribution in [0.1, 0.15) is 23.4 Å². The largest absolute Gasteiger partial charge is 0.493 e. The highest BCUT2D eigenvalue weighted by Crippen LogP contribution is 2.34. The van der Waals surface area contributed by atoms with E-state index in [0.29, 0.717) is 6.04 Å². The van der Waals surface area contributed by atoms with E-state index in [1.165, 1.54) is 15.3 Å². The van der Waals surface area contributed by atoms with E-state index in [1.54, 1.807) is 37.3 Å². The van der Waals surface area contributed by atoms with Gasteiger partial charge in [0, 0.05) is 22.4 Å². The maximum Gasteiger partial charge on any atom is 0.161 e. The number of rotatable bonds is 7. The van der Waals surface area contributed by atoms with Gasteiger partial charge in [0.1, 0.15) is 0 Å². The summed E-state index contributed by atoms with van der Waals surface area (Å²) in [7, 11) is 3.33. The van der Waals surface area contributed by atoms with Crippen molar-refractivity contribution in [1.29, 1.82) is 0 Å². The van der Waals surface area contributed by atoms with Crippen LogP contribution in [0.3, 0.4) is 0 Å². The number of hydrogen-bond donors (Lipinski definition) is 1. The SMILES string of the molecule is COc1cc(CN[C@@H](C)c2cccs2)c(SC)cc1OC. The summed E-state index contributed by atoms with van der Waals surface area (Å²) in [4.78, 5) is 2.56. The lowest BCUT2D eigenvalue weighted by molar-refractivity contribution is 0.353. The molecule has 1 heterocycles. The fraction of sp³-hybridized carbons (Fsp3) is 0.375. The van der Waals surface area contributed by atoms with Crippen LogP contribution in [0.25, 0.3) is 0 Å². The predicted octanol–water partition coefficient (Wildman–Crippen LogP) is 4.34. The lowest BCUT2D eigenvalue weighted by atomic mass is 10.1.